The molecule has 1 aliphatic carbocycles. The molecular formula is C17H27N3O. The van der Waals surface area contributed by atoms with Crippen LogP contribution in [0.1, 0.15) is 31.7 Å². The van der Waals surface area contributed by atoms with Crippen LogP contribution in [0.2, 0.25) is 0 Å². The van der Waals surface area contributed by atoms with E-state index in [9.17, 15) is 0 Å². The molecule has 116 valence electrons. The van der Waals surface area contributed by atoms with Crippen molar-refractivity contribution in [3.8, 4) is 0 Å². The molecule has 2 aliphatic rings. The maximum Gasteiger partial charge on any atom is 0.0691 e. The summed E-state index contributed by atoms with van der Waals surface area (Å²) in [6, 6.07) is 6.18. The van der Waals surface area contributed by atoms with Crippen LogP contribution >= 0.6 is 0 Å². The number of aryl methyl sites for hydroxylation is 1. The maximum absolute atomic E-state index is 6.81. The average Bonchev–Trinajstić information content (AvgIpc) is 2.86. The second-order valence-electron chi connectivity index (χ2n) is 7.39. The normalized spacial score (nSPS) is 33.8. The second kappa shape index (κ2) is 5.04. The van der Waals surface area contributed by atoms with Gasteiger partial charge in [-0.1, -0.05) is 19.9 Å². The summed E-state index contributed by atoms with van der Waals surface area (Å²) in [5.74, 6) is 0.500. The van der Waals surface area contributed by atoms with Crippen molar-refractivity contribution in [1.82, 2.24) is 9.88 Å². The molecule has 1 saturated heterocycles. The molecule has 2 N–H and O–H groups in total. The number of pyridine rings is 1. The Morgan fingerprint density at radius 3 is 2.90 bits per heavy atom. The first kappa shape index (κ1) is 14.9. The van der Waals surface area contributed by atoms with Crippen LogP contribution in [0.15, 0.2) is 18.2 Å². The molecule has 0 spiro atoms. The molecule has 1 aromatic heterocycles. The van der Waals surface area contributed by atoms with E-state index in [1.54, 1.807) is 0 Å². The molecule has 1 aromatic rings. The summed E-state index contributed by atoms with van der Waals surface area (Å²) >= 11 is 0. The van der Waals surface area contributed by atoms with Crippen LogP contribution in [0.25, 0.3) is 0 Å². The Hall–Kier alpha value is -0.970. The zero-order valence-corrected chi connectivity index (χ0v) is 13.6. The van der Waals surface area contributed by atoms with E-state index in [1.165, 1.54) is 0 Å². The first-order valence-corrected chi connectivity index (χ1v) is 7.86. The topological polar surface area (TPSA) is 51.4 Å². The van der Waals surface area contributed by atoms with Crippen molar-refractivity contribution in [2.75, 3.05) is 20.2 Å². The number of ether oxygens (including phenoxy) is 1. The summed E-state index contributed by atoms with van der Waals surface area (Å²) < 4.78 is 5.87. The average molecular weight is 289 g/mol. The lowest BCUT2D eigenvalue weighted by atomic mass is 9.48. The zero-order valence-electron chi connectivity index (χ0n) is 13.6. The zero-order chi connectivity index (χ0) is 15.3. The van der Waals surface area contributed by atoms with Gasteiger partial charge >= 0.3 is 0 Å². The third kappa shape index (κ3) is 2.30. The Morgan fingerprint density at radius 2 is 2.19 bits per heavy atom. The fraction of sp³-hybridized carbons (Fsp3) is 0.706. The van der Waals surface area contributed by atoms with Crippen molar-refractivity contribution in [3.63, 3.8) is 0 Å². The van der Waals surface area contributed by atoms with Crippen molar-refractivity contribution < 1.29 is 4.74 Å². The fourth-order valence-corrected chi connectivity index (χ4v) is 4.26. The Bertz CT molecular complexity index is 531. The maximum atomic E-state index is 6.81. The molecule has 0 amide bonds. The summed E-state index contributed by atoms with van der Waals surface area (Å²) in [6.07, 6.45) is 1.44. The number of aromatic nitrogens is 1. The van der Waals surface area contributed by atoms with Crippen molar-refractivity contribution in [3.05, 3.63) is 29.6 Å². The quantitative estimate of drug-likeness (QED) is 0.920. The number of hydrogen-bond donors (Lipinski definition) is 1. The number of hydrogen-bond acceptors (Lipinski definition) is 4. The van der Waals surface area contributed by atoms with Crippen molar-refractivity contribution in [2.45, 2.75) is 45.4 Å². The van der Waals surface area contributed by atoms with Crippen LogP contribution in [0.5, 0.6) is 0 Å². The van der Waals surface area contributed by atoms with Gasteiger partial charge in [-0.15, -0.1) is 0 Å². The van der Waals surface area contributed by atoms with Crippen LogP contribution in [0, 0.1) is 18.3 Å². The number of fused-ring (bicyclic) bond motifs is 1. The molecular weight excluding hydrogens is 262 g/mol. The predicted molar refractivity (Wildman–Crippen MR) is 83.9 cm³/mol. The molecule has 4 nitrogen and oxygen atoms in total. The van der Waals surface area contributed by atoms with E-state index >= 15 is 0 Å². The van der Waals surface area contributed by atoms with Crippen LogP contribution in [0.4, 0.5) is 0 Å². The van der Waals surface area contributed by atoms with Crippen LogP contribution in [-0.4, -0.2) is 41.7 Å². The van der Waals surface area contributed by atoms with Gasteiger partial charge in [-0.05, 0) is 32.5 Å². The van der Waals surface area contributed by atoms with Crippen molar-refractivity contribution in [2.24, 2.45) is 17.1 Å². The van der Waals surface area contributed by atoms with Gasteiger partial charge in [0.2, 0.25) is 0 Å². The molecule has 3 unspecified atom stereocenters. The van der Waals surface area contributed by atoms with Gasteiger partial charge in [-0.2, -0.15) is 0 Å². The van der Waals surface area contributed by atoms with E-state index < -0.39 is 0 Å². The predicted octanol–water partition coefficient (Wildman–Crippen LogP) is 1.96. The first-order chi connectivity index (χ1) is 9.84. The Balaban J connectivity index is 1.68. The van der Waals surface area contributed by atoms with Crippen molar-refractivity contribution in [1.29, 1.82) is 0 Å². The second-order valence-corrected chi connectivity index (χ2v) is 7.39. The van der Waals surface area contributed by atoms with E-state index in [4.69, 9.17) is 10.5 Å². The Labute approximate surface area is 127 Å². The van der Waals surface area contributed by atoms with Crippen LogP contribution in [0.3, 0.4) is 0 Å². The lowest BCUT2D eigenvalue weighted by molar-refractivity contribution is -0.162. The molecule has 0 bridgehead atoms. The van der Waals surface area contributed by atoms with E-state index in [-0.39, 0.29) is 11.0 Å². The Kier molecular flexibility index (Phi) is 3.59. The minimum absolute atomic E-state index is 0.0441. The van der Waals surface area contributed by atoms with Gasteiger partial charge < -0.3 is 10.5 Å². The van der Waals surface area contributed by atoms with Gasteiger partial charge in [0.15, 0.2) is 0 Å². The molecule has 0 aromatic carbocycles. The highest BCUT2D eigenvalue weighted by Gasteiger charge is 2.67. The molecule has 2 heterocycles. The molecule has 3 rings (SSSR count). The van der Waals surface area contributed by atoms with E-state index in [0.29, 0.717) is 12.0 Å². The standard InChI is InChI=1S/C17H27N3O/c1-12-6-5-7-13(19-12)10-20(4)11-17(18)14-8-9-21-15(14)16(17,2)3/h5-7,14-15H,8-11,18H2,1-4H3. The molecule has 1 saturated carbocycles. The number of nitrogens with zero attached hydrogens (tertiary/aromatic N) is 2. The van der Waals surface area contributed by atoms with E-state index in [2.05, 4.69) is 42.9 Å². The highest BCUT2D eigenvalue weighted by molar-refractivity contribution is 5.21. The number of nitrogens with two attached hydrogens (primary N) is 1. The molecule has 0 radical (unpaired) electrons. The van der Waals surface area contributed by atoms with Gasteiger partial charge in [0, 0.05) is 42.3 Å². The summed E-state index contributed by atoms with van der Waals surface area (Å²) in [7, 11) is 2.14. The number of rotatable bonds is 4. The largest absolute Gasteiger partial charge is 0.377 e. The summed E-state index contributed by atoms with van der Waals surface area (Å²) in [5, 5.41) is 0. The summed E-state index contributed by atoms with van der Waals surface area (Å²) in [5.41, 5.74) is 8.87. The molecule has 2 fully saturated rings. The lowest BCUT2D eigenvalue weighted by Gasteiger charge is -2.63. The highest BCUT2D eigenvalue weighted by atomic mass is 16.5. The lowest BCUT2D eigenvalue weighted by Crippen LogP contribution is -2.77. The highest BCUT2D eigenvalue weighted by Crippen LogP contribution is 2.58. The molecule has 4 heteroatoms. The minimum atomic E-state index is -0.160. The molecule has 1 aliphatic heterocycles. The van der Waals surface area contributed by atoms with E-state index in [0.717, 1.165) is 37.5 Å². The van der Waals surface area contributed by atoms with Gasteiger partial charge in [0.05, 0.1) is 11.8 Å². The van der Waals surface area contributed by atoms with Gasteiger partial charge in [-0.25, -0.2) is 0 Å². The fourth-order valence-electron chi connectivity index (χ4n) is 4.26. The third-order valence-electron chi connectivity index (χ3n) is 5.57. The number of likely N-dealkylation sites (N-methyl/N-ethyl adjacent to an activating group) is 1. The van der Waals surface area contributed by atoms with Gasteiger partial charge in [0.1, 0.15) is 0 Å². The smallest absolute Gasteiger partial charge is 0.0691 e. The summed E-state index contributed by atoms with van der Waals surface area (Å²) in [6.45, 7) is 9.12. The van der Waals surface area contributed by atoms with Crippen molar-refractivity contribution >= 4 is 0 Å². The van der Waals surface area contributed by atoms with Gasteiger partial charge in [-0.3, -0.25) is 9.88 Å². The van der Waals surface area contributed by atoms with Crippen LogP contribution in [-0.2, 0) is 11.3 Å². The molecule has 21 heavy (non-hydrogen) atoms. The Morgan fingerprint density at radius 1 is 1.43 bits per heavy atom. The molecule has 3 atom stereocenters. The van der Waals surface area contributed by atoms with Crippen LogP contribution < -0.4 is 5.73 Å². The van der Waals surface area contributed by atoms with E-state index in [1.807, 2.05) is 13.0 Å². The summed E-state index contributed by atoms with van der Waals surface area (Å²) in [4.78, 5) is 6.89. The third-order valence-corrected chi connectivity index (χ3v) is 5.57. The first-order valence-electron chi connectivity index (χ1n) is 7.86. The minimum Gasteiger partial charge on any atom is -0.377 e. The van der Waals surface area contributed by atoms with Gasteiger partial charge in [0.25, 0.3) is 0 Å². The SMILES string of the molecule is Cc1cccc(CN(C)CC2(N)C3CCOC3C2(C)C)n1. The monoisotopic (exact) mass is 289 g/mol.